The molecule has 0 unspecified atom stereocenters. The molecular weight excluding hydrogens is 333 g/mol. The average Bonchev–Trinajstić information content (AvgIpc) is 2.48. The van der Waals surface area contributed by atoms with E-state index in [0.717, 1.165) is 23.7 Å². The monoisotopic (exact) mass is 347 g/mol. The van der Waals surface area contributed by atoms with Gasteiger partial charge in [0, 0.05) is 16.1 Å². The molecule has 2 aromatic carbocycles. The molecule has 0 aliphatic heterocycles. The van der Waals surface area contributed by atoms with E-state index in [0.29, 0.717) is 5.56 Å². The molecule has 0 bridgehead atoms. The van der Waals surface area contributed by atoms with Gasteiger partial charge < -0.3 is 5.32 Å². The zero-order valence-corrected chi connectivity index (χ0v) is 13.0. The first kappa shape index (κ1) is 14.3. The highest BCUT2D eigenvalue weighted by molar-refractivity contribution is 9.10. The van der Waals surface area contributed by atoms with Crippen LogP contribution in [0.25, 0.3) is 0 Å². The van der Waals surface area contributed by atoms with Gasteiger partial charge in [0.1, 0.15) is 5.82 Å². The third-order valence-electron chi connectivity index (χ3n) is 3.84. The van der Waals surface area contributed by atoms with Gasteiger partial charge in [-0.1, -0.05) is 22.0 Å². The van der Waals surface area contributed by atoms with Crippen LogP contribution in [0.3, 0.4) is 0 Å². The van der Waals surface area contributed by atoms with E-state index in [4.69, 9.17) is 0 Å². The Hall–Kier alpha value is -1.68. The van der Waals surface area contributed by atoms with Gasteiger partial charge in [-0.05, 0) is 66.8 Å². The number of fused-ring (bicyclic) bond motifs is 1. The molecule has 0 aromatic heterocycles. The SMILES string of the molecule is O=C(N[C@@H]1CCc2cc(Br)ccc2C1)c1ccc(F)cc1. The molecule has 0 saturated carbocycles. The maximum absolute atomic E-state index is 12.9. The molecule has 0 fully saturated rings. The van der Waals surface area contributed by atoms with Crippen LogP contribution in [0.2, 0.25) is 0 Å². The molecule has 21 heavy (non-hydrogen) atoms. The van der Waals surface area contributed by atoms with Gasteiger partial charge in [-0.15, -0.1) is 0 Å². The number of benzene rings is 2. The Bertz CT molecular complexity index is 669. The molecule has 1 aliphatic rings. The normalized spacial score (nSPS) is 17.1. The van der Waals surface area contributed by atoms with Gasteiger partial charge in [0.2, 0.25) is 0 Å². The zero-order chi connectivity index (χ0) is 14.8. The lowest BCUT2D eigenvalue weighted by atomic mass is 9.88. The van der Waals surface area contributed by atoms with Crippen molar-refractivity contribution < 1.29 is 9.18 Å². The van der Waals surface area contributed by atoms with Crippen LogP contribution >= 0.6 is 15.9 Å². The molecule has 4 heteroatoms. The second kappa shape index (κ2) is 5.98. The number of amides is 1. The minimum atomic E-state index is -0.330. The average molecular weight is 348 g/mol. The fourth-order valence-corrected chi connectivity index (χ4v) is 3.13. The van der Waals surface area contributed by atoms with Gasteiger partial charge in [-0.25, -0.2) is 4.39 Å². The number of hydrogen-bond donors (Lipinski definition) is 1. The number of rotatable bonds is 2. The van der Waals surface area contributed by atoms with Crippen LogP contribution in [-0.2, 0) is 12.8 Å². The van der Waals surface area contributed by atoms with Gasteiger partial charge in [-0.2, -0.15) is 0 Å². The van der Waals surface area contributed by atoms with Gasteiger partial charge in [0.15, 0.2) is 0 Å². The molecule has 108 valence electrons. The van der Waals surface area contributed by atoms with E-state index in [1.165, 1.54) is 35.4 Å². The second-order valence-corrected chi connectivity index (χ2v) is 6.25. The van der Waals surface area contributed by atoms with E-state index < -0.39 is 0 Å². The Morgan fingerprint density at radius 3 is 2.67 bits per heavy atom. The summed E-state index contributed by atoms with van der Waals surface area (Å²) in [6, 6.07) is 12.1. The molecule has 1 N–H and O–H groups in total. The molecule has 0 saturated heterocycles. The first-order chi connectivity index (χ1) is 10.1. The number of nitrogens with one attached hydrogen (secondary N) is 1. The third kappa shape index (κ3) is 3.32. The van der Waals surface area contributed by atoms with E-state index in [9.17, 15) is 9.18 Å². The molecule has 0 spiro atoms. The third-order valence-corrected chi connectivity index (χ3v) is 4.33. The highest BCUT2D eigenvalue weighted by atomic mass is 79.9. The summed E-state index contributed by atoms with van der Waals surface area (Å²) >= 11 is 3.48. The second-order valence-electron chi connectivity index (χ2n) is 5.33. The Kier molecular flexibility index (Phi) is 4.06. The van der Waals surface area contributed by atoms with Crippen LogP contribution in [0.5, 0.6) is 0 Å². The van der Waals surface area contributed by atoms with Gasteiger partial charge in [-0.3, -0.25) is 4.79 Å². The summed E-state index contributed by atoms with van der Waals surface area (Å²) in [5.74, 6) is -0.468. The molecule has 3 rings (SSSR count). The van der Waals surface area contributed by atoms with E-state index in [-0.39, 0.29) is 17.8 Å². The fraction of sp³-hybridized carbons (Fsp3) is 0.235. The molecule has 0 heterocycles. The predicted molar refractivity (Wildman–Crippen MR) is 83.8 cm³/mol. The Balaban J connectivity index is 1.68. The summed E-state index contributed by atoms with van der Waals surface area (Å²) in [6.07, 6.45) is 2.73. The van der Waals surface area contributed by atoms with Gasteiger partial charge in [0.05, 0.1) is 0 Å². The zero-order valence-electron chi connectivity index (χ0n) is 11.4. The van der Waals surface area contributed by atoms with Crippen molar-refractivity contribution in [3.05, 3.63) is 69.4 Å². The van der Waals surface area contributed by atoms with Gasteiger partial charge >= 0.3 is 0 Å². The number of aryl methyl sites for hydroxylation is 1. The predicted octanol–water partition coefficient (Wildman–Crippen LogP) is 3.88. The fourth-order valence-electron chi connectivity index (χ4n) is 2.72. The number of carbonyl (C=O) groups is 1. The first-order valence-electron chi connectivity index (χ1n) is 6.95. The van der Waals surface area contributed by atoms with Crippen LogP contribution in [0.4, 0.5) is 4.39 Å². The lowest BCUT2D eigenvalue weighted by molar-refractivity contribution is 0.0933. The standard InChI is InChI=1S/C17H15BrFNO/c18-14-5-1-13-10-16(8-4-12(13)9-14)20-17(21)11-2-6-15(19)7-3-11/h1-3,5-7,9,16H,4,8,10H2,(H,20,21)/t16-/m1/s1. The summed E-state index contributed by atoms with van der Waals surface area (Å²) < 4.78 is 14.0. The van der Waals surface area contributed by atoms with Crippen LogP contribution in [0.15, 0.2) is 46.9 Å². The maximum atomic E-state index is 12.9. The number of carbonyl (C=O) groups excluding carboxylic acids is 1. The van der Waals surface area contributed by atoms with E-state index in [2.05, 4.69) is 33.4 Å². The first-order valence-corrected chi connectivity index (χ1v) is 7.75. The summed E-state index contributed by atoms with van der Waals surface area (Å²) in [4.78, 5) is 12.1. The summed E-state index contributed by atoms with van der Waals surface area (Å²) in [5.41, 5.74) is 3.13. The van der Waals surface area contributed by atoms with Crippen molar-refractivity contribution in [2.75, 3.05) is 0 Å². The minimum absolute atomic E-state index is 0.135. The van der Waals surface area contributed by atoms with Crippen molar-refractivity contribution >= 4 is 21.8 Å². The lowest BCUT2D eigenvalue weighted by Crippen LogP contribution is -2.38. The molecule has 1 aliphatic carbocycles. The summed E-state index contributed by atoms with van der Waals surface area (Å²) in [5, 5.41) is 3.04. The van der Waals surface area contributed by atoms with Crippen molar-refractivity contribution in [1.82, 2.24) is 5.32 Å². The van der Waals surface area contributed by atoms with Crippen LogP contribution < -0.4 is 5.32 Å². The van der Waals surface area contributed by atoms with Crippen molar-refractivity contribution in [2.45, 2.75) is 25.3 Å². The number of hydrogen-bond acceptors (Lipinski definition) is 1. The molecular formula is C17H15BrFNO. The van der Waals surface area contributed by atoms with Crippen LogP contribution in [0.1, 0.15) is 27.9 Å². The van der Waals surface area contributed by atoms with E-state index in [1.54, 1.807) is 0 Å². The smallest absolute Gasteiger partial charge is 0.251 e. The highest BCUT2D eigenvalue weighted by Gasteiger charge is 2.20. The molecule has 2 aromatic rings. The van der Waals surface area contributed by atoms with Crippen LogP contribution in [0, 0.1) is 5.82 Å². The summed E-state index contributed by atoms with van der Waals surface area (Å²) in [6.45, 7) is 0. The summed E-state index contributed by atoms with van der Waals surface area (Å²) in [7, 11) is 0. The largest absolute Gasteiger partial charge is 0.349 e. The van der Waals surface area contributed by atoms with E-state index in [1.807, 2.05) is 6.07 Å². The molecule has 0 radical (unpaired) electrons. The van der Waals surface area contributed by atoms with Crippen molar-refractivity contribution in [2.24, 2.45) is 0 Å². The topological polar surface area (TPSA) is 29.1 Å². The highest BCUT2D eigenvalue weighted by Crippen LogP contribution is 2.25. The Labute approximate surface area is 131 Å². The number of halogens is 2. The molecule has 1 amide bonds. The maximum Gasteiger partial charge on any atom is 0.251 e. The quantitative estimate of drug-likeness (QED) is 0.877. The van der Waals surface area contributed by atoms with E-state index >= 15 is 0 Å². The Morgan fingerprint density at radius 2 is 1.90 bits per heavy atom. The molecule has 2 nitrogen and oxygen atoms in total. The molecule has 1 atom stereocenters. The Morgan fingerprint density at radius 1 is 1.14 bits per heavy atom. The van der Waals surface area contributed by atoms with Crippen molar-refractivity contribution in [3.63, 3.8) is 0 Å². The van der Waals surface area contributed by atoms with Crippen molar-refractivity contribution in [3.8, 4) is 0 Å². The van der Waals surface area contributed by atoms with Crippen LogP contribution in [-0.4, -0.2) is 11.9 Å². The lowest BCUT2D eigenvalue weighted by Gasteiger charge is -2.25. The van der Waals surface area contributed by atoms with Crippen molar-refractivity contribution in [1.29, 1.82) is 0 Å². The minimum Gasteiger partial charge on any atom is -0.349 e. The van der Waals surface area contributed by atoms with Gasteiger partial charge in [0.25, 0.3) is 5.91 Å².